The van der Waals surface area contributed by atoms with Gasteiger partial charge < -0.3 is 10.4 Å². The Bertz CT molecular complexity index is 1550. The van der Waals surface area contributed by atoms with Crippen molar-refractivity contribution in [3.63, 3.8) is 0 Å². The van der Waals surface area contributed by atoms with Crippen LogP contribution in [0.1, 0.15) is 30.9 Å². The number of carboxylic acid groups (broad SMARTS) is 1. The normalized spacial score (nSPS) is 18.3. The van der Waals surface area contributed by atoms with E-state index in [1.807, 2.05) is 0 Å². The highest BCUT2D eigenvalue weighted by Gasteiger charge is 2.50. The summed E-state index contributed by atoms with van der Waals surface area (Å²) in [5.74, 6) is -1.98. The first-order valence-electron chi connectivity index (χ1n) is 11.9. The number of halogens is 2. The first-order valence-corrected chi connectivity index (χ1v) is 14.1. The van der Waals surface area contributed by atoms with Crippen LogP contribution in [-0.4, -0.2) is 52.8 Å². The maximum atomic E-state index is 13.5. The minimum atomic E-state index is -4.16. The number of nitrogens with one attached hydrogen (secondary N) is 1. The first kappa shape index (κ1) is 28.5. The lowest BCUT2D eigenvalue weighted by Gasteiger charge is -2.34. The highest BCUT2D eigenvalue weighted by atomic mass is 35.5. The summed E-state index contributed by atoms with van der Waals surface area (Å²) in [6, 6.07) is 14.9. The van der Waals surface area contributed by atoms with Crippen LogP contribution in [0.25, 0.3) is 11.3 Å². The molecule has 0 radical (unpaired) electrons. The molecule has 0 unspecified atom stereocenters. The van der Waals surface area contributed by atoms with Gasteiger partial charge in [-0.05, 0) is 55.7 Å². The van der Waals surface area contributed by atoms with E-state index in [0.29, 0.717) is 28.8 Å². The van der Waals surface area contributed by atoms with E-state index in [2.05, 4.69) is 16.4 Å². The third-order valence-corrected chi connectivity index (χ3v) is 9.12. The van der Waals surface area contributed by atoms with E-state index in [-0.39, 0.29) is 34.3 Å². The Labute approximate surface area is 236 Å². The average Bonchev–Trinajstić information content (AvgIpc) is 3.31. The molecule has 0 bridgehead atoms. The second-order valence-electron chi connectivity index (χ2n) is 9.34. The van der Waals surface area contributed by atoms with Gasteiger partial charge >= 0.3 is 5.97 Å². The second-order valence-corrected chi connectivity index (χ2v) is 12.1. The van der Waals surface area contributed by atoms with E-state index in [1.54, 1.807) is 42.6 Å². The molecule has 2 aromatic carbocycles. The minimum Gasteiger partial charge on any atom is -0.480 e. The van der Waals surface area contributed by atoms with Crippen LogP contribution < -0.4 is 5.32 Å². The molecule has 1 aliphatic heterocycles. The maximum absolute atomic E-state index is 13.5. The number of aliphatic carboxylic acids is 1. The zero-order valence-corrected chi connectivity index (χ0v) is 23.1. The number of nitrogens with zero attached hydrogens (tertiary/aromatic N) is 3. The standard InChI is InChI=1S/C27H24Cl2N4O5S/c1-27(9-3-11-33(27)39(37,38)22-14-20(28)13-21(29)15-22)26(36)32-23(25(34)35)12-17-5-7-18(8-6-17)24-19(16-30)4-2-10-31-24/h2,4-8,10,13-15,23H,3,9,11-12H2,1H3,(H,32,36)(H,34,35)/t23-,27-/m0/s1. The average molecular weight is 587 g/mol. The number of aromatic nitrogens is 1. The smallest absolute Gasteiger partial charge is 0.326 e. The summed E-state index contributed by atoms with van der Waals surface area (Å²) in [5, 5.41) is 22.0. The molecule has 202 valence electrons. The van der Waals surface area contributed by atoms with Gasteiger partial charge in [0.1, 0.15) is 17.6 Å². The molecule has 2 heterocycles. The largest absolute Gasteiger partial charge is 0.480 e. The number of benzene rings is 2. The Hall–Kier alpha value is -3.49. The zero-order chi connectivity index (χ0) is 28.4. The molecule has 2 N–H and O–H groups in total. The summed E-state index contributed by atoms with van der Waals surface area (Å²) in [4.78, 5) is 29.6. The van der Waals surface area contributed by atoms with Crippen molar-refractivity contribution in [3.8, 4) is 17.3 Å². The molecule has 1 fully saturated rings. The van der Waals surface area contributed by atoms with Gasteiger partial charge in [-0.3, -0.25) is 9.78 Å². The fraction of sp³-hybridized carbons (Fsp3) is 0.259. The lowest BCUT2D eigenvalue weighted by atomic mass is 9.97. The number of carboxylic acids is 1. The van der Waals surface area contributed by atoms with E-state index in [1.165, 1.54) is 25.1 Å². The van der Waals surface area contributed by atoms with E-state index < -0.39 is 33.5 Å². The minimum absolute atomic E-state index is 0.0403. The van der Waals surface area contributed by atoms with E-state index in [0.717, 1.165) is 4.31 Å². The summed E-state index contributed by atoms with van der Waals surface area (Å²) >= 11 is 12.0. The number of carbonyl (C=O) groups is 2. The van der Waals surface area contributed by atoms with Crippen LogP contribution in [0.5, 0.6) is 0 Å². The molecule has 0 saturated carbocycles. The quantitative estimate of drug-likeness (QED) is 0.401. The van der Waals surface area contributed by atoms with Crippen molar-refractivity contribution in [3.05, 3.63) is 82.0 Å². The molecule has 2 atom stereocenters. The van der Waals surface area contributed by atoms with Crippen molar-refractivity contribution >= 4 is 45.1 Å². The lowest BCUT2D eigenvalue weighted by molar-refractivity contribution is -0.143. The fourth-order valence-corrected chi connectivity index (χ4v) is 7.16. The van der Waals surface area contributed by atoms with Crippen molar-refractivity contribution in [2.45, 2.75) is 42.7 Å². The SMILES string of the molecule is C[C@@]1(C(=O)N[C@@H](Cc2ccc(-c3ncccc3C#N)cc2)C(=O)O)CCCN1S(=O)(=O)c1cc(Cl)cc(Cl)c1. The molecule has 4 rings (SSSR count). The van der Waals surface area contributed by atoms with E-state index >= 15 is 0 Å². The van der Waals surface area contributed by atoms with Crippen molar-refractivity contribution < 1.29 is 23.1 Å². The van der Waals surface area contributed by atoms with Gasteiger partial charge in [0.15, 0.2) is 0 Å². The highest BCUT2D eigenvalue weighted by molar-refractivity contribution is 7.89. The first-order chi connectivity index (χ1) is 18.5. The number of rotatable bonds is 8. The highest BCUT2D eigenvalue weighted by Crippen LogP contribution is 2.36. The molecule has 0 aliphatic carbocycles. The van der Waals surface area contributed by atoms with Crippen LogP contribution in [0.4, 0.5) is 0 Å². The molecule has 12 heteroatoms. The molecular weight excluding hydrogens is 563 g/mol. The van der Waals surface area contributed by atoms with Crippen molar-refractivity contribution in [1.82, 2.24) is 14.6 Å². The third-order valence-electron chi connectivity index (χ3n) is 6.69. The number of carbonyl (C=O) groups excluding carboxylic acids is 1. The predicted octanol–water partition coefficient (Wildman–Crippen LogP) is 4.28. The molecule has 1 aromatic heterocycles. The van der Waals surface area contributed by atoms with Crippen LogP contribution in [0, 0.1) is 11.3 Å². The summed E-state index contributed by atoms with van der Waals surface area (Å²) in [6.45, 7) is 1.56. The zero-order valence-electron chi connectivity index (χ0n) is 20.8. The molecule has 9 nitrogen and oxygen atoms in total. The van der Waals surface area contributed by atoms with Gasteiger partial charge in [-0.25, -0.2) is 13.2 Å². The van der Waals surface area contributed by atoms with Crippen LogP contribution in [-0.2, 0) is 26.0 Å². The molecule has 39 heavy (non-hydrogen) atoms. The number of hydrogen-bond donors (Lipinski definition) is 2. The number of amides is 1. The van der Waals surface area contributed by atoms with E-state index in [4.69, 9.17) is 23.2 Å². The topological polar surface area (TPSA) is 140 Å². The second kappa shape index (κ2) is 11.3. The Kier molecular flexibility index (Phi) is 8.28. The molecule has 0 spiro atoms. The van der Waals surface area contributed by atoms with Crippen molar-refractivity contribution in [1.29, 1.82) is 5.26 Å². The van der Waals surface area contributed by atoms with Gasteiger partial charge in [-0.1, -0.05) is 47.5 Å². The molecule has 3 aromatic rings. The number of pyridine rings is 1. The van der Waals surface area contributed by atoms with Gasteiger partial charge in [0.25, 0.3) is 0 Å². The molecule has 1 saturated heterocycles. The molecule has 1 aliphatic rings. The molecular formula is C27H24Cl2N4O5S. The van der Waals surface area contributed by atoms with Gasteiger partial charge in [-0.15, -0.1) is 0 Å². The maximum Gasteiger partial charge on any atom is 0.326 e. The third kappa shape index (κ3) is 5.92. The van der Waals surface area contributed by atoms with E-state index in [9.17, 15) is 28.4 Å². The van der Waals surface area contributed by atoms with Gasteiger partial charge in [0.05, 0.1) is 16.2 Å². The summed E-state index contributed by atoms with van der Waals surface area (Å²) < 4.78 is 28.0. The predicted molar refractivity (Wildman–Crippen MR) is 146 cm³/mol. The van der Waals surface area contributed by atoms with Gasteiger partial charge in [-0.2, -0.15) is 9.57 Å². The summed E-state index contributed by atoms with van der Waals surface area (Å²) in [6.07, 6.45) is 2.16. The lowest BCUT2D eigenvalue weighted by Crippen LogP contribution is -2.58. The Morgan fingerprint density at radius 3 is 2.46 bits per heavy atom. The Morgan fingerprint density at radius 2 is 1.85 bits per heavy atom. The summed E-state index contributed by atoms with van der Waals surface area (Å²) in [5.41, 5.74) is 0.705. The van der Waals surface area contributed by atoms with Gasteiger partial charge in [0, 0.05) is 34.8 Å². The Balaban J connectivity index is 1.54. The van der Waals surface area contributed by atoms with Gasteiger partial charge in [0.2, 0.25) is 15.9 Å². The fourth-order valence-electron chi connectivity index (χ4n) is 4.63. The van der Waals surface area contributed by atoms with Crippen LogP contribution >= 0.6 is 23.2 Å². The van der Waals surface area contributed by atoms with Crippen LogP contribution in [0.15, 0.2) is 65.7 Å². The van der Waals surface area contributed by atoms with Crippen molar-refractivity contribution in [2.24, 2.45) is 0 Å². The number of hydrogen-bond acceptors (Lipinski definition) is 6. The molecule has 1 amide bonds. The number of nitriles is 1. The summed E-state index contributed by atoms with van der Waals surface area (Å²) in [7, 11) is -4.16. The van der Waals surface area contributed by atoms with Crippen molar-refractivity contribution in [2.75, 3.05) is 6.54 Å². The monoisotopic (exact) mass is 586 g/mol. The van der Waals surface area contributed by atoms with Crippen LogP contribution in [0.2, 0.25) is 10.0 Å². The Morgan fingerprint density at radius 1 is 1.18 bits per heavy atom. The number of sulfonamides is 1. The van der Waals surface area contributed by atoms with Crippen LogP contribution in [0.3, 0.4) is 0 Å².